The smallest absolute Gasteiger partial charge is 0.159 e. The number of nitrogens with zero attached hydrogens (tertiary/aromatic N) is 2. The minimum absolute atomic E-state index is 0.735. The second kappa shape index (κ2) is 4.22. The minimum Gasteiger partial charge on any atom is -0.464 e. The van der Waals surface area contributed by atoms with Gasteiger partial charge in [-0.25, -0.2) is 9.97 Å². The number of rotatable bonds is 2. The van der Waals surface area contributed by atoms with Crippen molar-refractivity contribution in [1.29, 1.82) is 0 Å². The average molecular weight is 222 g/mol. The maximum absolute atomic E-state index is 5.33. The standard InChI is InChI=1S/C14H10N2O/c1-3-13(17-10-1)11-4-6-12(7-5-11)14-15-8-2-9-16-14/h1-10H. The summed E-state index contributed by atoms with van der Waals surface area (Å²) in [6, 6.07) is 13.6. The van der Waals surface area contributed by atoms with Crippen molar-refractivity contribution in [1.82, 2.24) is 9.97 Å². The lowest BCUT2D eigenvalue weighted by molar-refractivity contribution is 0.582. The first-order chi connectivity index (χ1) is 8.43. The van der Waals surface area contributed by atoms with Crippen LogP contribution in [0.1, 0.15) is 0 Å². The summed E-state index contributed by atoms with van der Waals surface area (Å²) in [5.74, 6) is 1.60. The van der Waals surface area contributed by atoms with Gasteiger partial charge in [0.1, 0.15) is 5.76 Å². The zero-order valence-corrected chi connectivity index (χ0v) is 9.08. The summed E-state index contributed by atoms with van der Waals surface area (Å²) in [6.07, 6.45) is 5.15. The van der Waals surface area contributed by atoms with Crippen LogP contribution in [0.15, 0.2) is 65.5 Å². The van der Waals surface area contributed by atoms with Crippen molar-refractivity contribution >= 4 is 0 Å². The first-order valence-electron chi connectivity index (χ1n) is 5.35. The molecule has 2 heterocycles. The van der Waals surface area contributed by atoms with E-state index >= 15 is 0 Å². The van der Waals surface area contributed by atoms with Crippen molar-refractivity contribution in [3.8, 4) is 22.7 Å². The molecule has 0 unspecified atom stereocenters. The van der Waals surface area contributed by atoms with Crippen molar-refractivity contribution in [3.05, 3.63) is 61.1 Å². The lowest BCUT2D eigenvalue weighted by Gasteiger charge is -2.00. The molecule has 0 saturated heterocycles. The molecule has 1 aromatic carbocycles. The Hall–Kier alpha value is -2.42. The van der Waals surface area contributed by atoms with Gasteiger partial charge in [0.15, 0.2) is 5.82 Å². The Labute approximate surface area is 98.8 Å². The highest BCUT2D eigenvalue weighted by atomic mass is 16.3. The highest BCUT2D eigenvalue weighted by Crippen LogP contribution is 2.22. The molecule has 17 heavy (non-hydrogen) atoms. The van der Waals surface area contributed by atoms with E-state index < -0.39 is 0 Å². The van der Waals surface area contributed by atoms with Crippen molar-refractivity contribution in [2.45, 2.75) is 0 Å². The summed E-state index contributed by atoms with van der Waals surface area (Å²) in [5, 5.41) is 0. The number of hydrogen-bond donors (Lipinski definition) is 0. The molecule has 3 rings (SSSR count). The van der Waals surface area contributed by atoms with Crippen LogP contribution >= 0.6 is 0 Å². The predicted molar refractivity (Wildman–Crippen MR) is 65.2 cm³/mol. The van der Waals surface area contributed by atoms with Gasteiger partial charge in [-0.3, -0.25) is 0 Å². The topological polar surface area (TPSA) is 38.9 Å². The SMILES string of the molecule is c1cnc(-c2ccc(-c3ccco3)cc2)nc1. The number of hydrogen-bond acceptors (Lipinski definition) is 3. The Bertz CT molecular complexity index is 586. The van der Waals surface area contributed by atoms with Gasteiger partial charge >= 0.3 is 0 Å². The minimum atomic E-state index is 0.735. The molecule has 0 amide bonds. The molecule has 0 aliphatic rings. The molecule has 0 bridgehead atoms. The molecule has 0 atom stereocenters. The fraction of sp³-hybridized carbons (Fsp3) is 0. The van der Waals surface area contributed by atoms with Gasteiger partial charge in [-0.15, -0.1) is 0 Å². The fourth-order valence-electron chi connectivity index (χ4n) is 1.67. The Kier molecular flexibility index (Phi) is 2.43. The summed E-state index contributed by atoms with van der Waals surface area (Å²) in [7, 11) is 0. The van der Waals surface area contributed by atoms with E-state index in [1.807, 2.05) is 36.4 Å². The van der Waals surface area contributed by atoms with Crippen LogP contribution in [0.25, 0.3) is 22.7 Å². The highest BCUT2D eigenvalue weighted by molar-refractivity contribution is 5.63. The summed E-state index contributed by atoms with van der Waals surface area (Å²) in [6.45, 7) is 0. The number of benzene rings is 1. The Morgan fingerprint density at radius 1 is 0.765 bits per heavy atom. The predicted octanol–water partition coefficient (Wildman–Crippen LogP) is 3.40. The van der Waals surface area contributed by atoms with Crippen LogP contribution in [-0.2, 0) is 0 Å². The maximum Gasteiger partial charge on any atom is 0.159 e. The third-order valence-electron chi connectivity index (χ3n) is 2.51. The molecule has 3 heteroatoms. The lowest BCUT2D eigenvalue weighted by Crippen LogP contribution is -1.86. The highest BCUT2D eigenvalue weighted by Gasteiger charge is 2.02. The maximum atomic E-state index is 5.33. The van der Waals surface area contributed by atoms with Crippen LogP contribution in [0.5, 0.6) is 0 Å². The first-order valence-corrected chi connectivity index (χ1v) is 5.35. The summed E-state index contributed by atoms with van der Waals surface area (Å²) < 4.78 is 5.33. The van der Waals surface area contributed by atoms with Crippen molar-refractivity contribution in [3.63, 3.8) is 0 Å². The van der Waals surface area contributed by atoms with Gasteiger partial charge in [0.2, 0.25) is 0 Å². The molecule has 0 spiro atoms. The summed E-state index contributed by atoms with van der Waals surface area (Å²) in [5.41, 5.74) is 2.05. The molecule has 2 aromatic heterocycles. The van der Waals surface area contributed by atoms with Gasteiger partial charge in [0, 0.05) is 23.5 Å². The second-order valence-corrected chi connectivity index (χ2v) is 3.63. The zero-order valence-electron chi connectivity index (χ0n) is 9.08. The molecule has 82 valence electrons. The summed E-state index contributed by atoms with van der Waals surface area (Å²) in [4.78, 5) is 8.41. The largest absolute Gasteiger partial charge is 0.464 e. The Morgan fingerprint density at radius 2 is 1.47 bits per heavy atom. The third kappa shape index (κ3) is 1.95. The Balaban J connectivity index is 1.96. The van der Waals surface area contributed by atoms with E-state index in [0.29, 0.717) is 0 Å². The van der Waals surface area contributed by atoms with E-state index in [9.17, 15) is 0 Å². The molecular weight excluding hydrogens is 212 g/mol. The monoisotopic (exact) mass is 222 g/mol. The third-order valence-corrected chi connectivity index (χ3v) is 2.51. The van der Waals surface area contributed by atoms with Gasteiger partial charge < -0.3 is 4.42 Å². The van der Waals surface area contributed by atoms with Crippen molar-refractivity contribution in [2.75, 3.05) is 0 Å². The van der Waals surface area contributed by atoms with Crippen LogP contribution < -0.4 is 0 Å². The van der Waals surface area contributed by atoms with E-state index in [1.165, 1.54) is 0 Å². The van der Waals surface area contributed by atoms with Crippen LogP contribution in [0.4, 0.5) is 0 Å². The van der Waals surface area contributed by atoms with Crippen LogP contribution in [0.2, 0.25) is 0 Å². The molecule has 0 saturated carbocycles. The molecule has 0 fully saturated rings. The quantitative estimate of drug-likeness (QED) is 0.667. The second-order valence-electron chi connectivity index (χ2n) is 3.63. The molecular formula is C14H10N2O. The first kappa shape index (κ1) is 9.78. The van der Waals surface area contributed by atoms with Gasteiger partial charge in [0.05, 0.1) is 6.26 Å². The van der Waals surface area contributed by atoms with E-state index in [2.05, 4.69) is 9.97 Å². The van der Waals surface area contributed by atoms with E-state index in [1.54, 1.807) is 24.7 Å². The molecule has 0 N–H and O–H groups in total. The molecule has 0 aliphatic carbocycles. The van der Waals surface area contributed by atoms with E-state index in [0.717, 1.165) is 22.7 Å². The average Bonchev–Trinajstić information content (AvgIpc) is 2.94. The van der Waals surface area contributed by atoms with Gasteiger partial charge in [-0.1, -0.05) is 24.3 Å². The van der Waals surface area contributed by atoms with E-state index in [-0.39, 0.29) is 0 Å². The summed E-state index contributed by atoms with van der Waals surface area (Å²) >= 11 is 0. The molecule has 0 radical (unpaired) electrons. The Morgan fingerprint density at radius 3 is 2.12 bits per heavy atom. The van der Waals surface area contributed by atoms with Crippen LogP contribution in [0.3, 0.4) is 0 Å². The van der Waals surface area contributed by atoms with E-state index in [4.69, 9.17) is 4.42 Å². The zero-order chi connectivity index (χ0) is 11.5. The fourth-order valence-corrected chi connectivity index (χ4v) is 1.67. The van der Waals surface area contributed by atoms with Crippen LogP contribution in [-0.4, -0.2) is 9.97 Å². The van der Waals surface area contributed by atoms with Gasteiger partial charge in [0.25, 0.3) is 0 Å². The lowest BCUT2D eigenvalue weighted by atomic mass is 10.1. The molecule has 3 nitrogen and oxygen atoms in total. The molecule has 0 aliphatic heterocycles. The van der Waals surface area contributed by atoms with Gasteiger partial charge in [-0.2, -0.15) is 0 Å². The normalized spacial score (nSPS) is 10.4. The van der Waals surface area contributed by atoms with Crippen molar-refractivity contribution in [2.24, 2.45) is 0 Å². The number of furan rings is 1. The molecule has 3 aromatic rings. The number of aromatic nitrogens is 2. The van der Waals surface area contributed by atoms with Gasteiger partial charge in [-0.05, 0) is 18.2 Å². The van der Waals surface area contributed by atoms with Crippen molar-refractivity contribution < 1.29 is 4.42 Å². The van der Waals surface area contributed by atoms with Crippen LogP contribution in [0, 0.1) is 0 Å².